The standard InChI is InChI=1S/C18H20ClF2N5O2.C3H8/c1-22-15(27)8-23-18(28)16-14-9-25(2)4-3-5-26(14)17(24-16)10-6-11(19)13(21)7-12(10)20;1-3-2/h6-7H,3-5,8-9H2,1-2H3,(H,22,27)(H,23,28);3H2,1-2H3. The number of fused-ring (bicyclic) bond motifs is 1. The zero-order valence-electron chi connectivity index (χ0n) is 18.2. The van der Waals surface area contributed by atoms with Crippen molar-refractivity contribution in [2.45, 2.75) is 39.8 Å². The number of amides is 2. The van der Waals surface area contributed by atoms with E-state index in [9.17, 15) is 18.4 Å². The highest BCUT2D eigenvalue weighted by Crippen LogP contribution is 2.31. The lowest BCUT2D eigenvalue weighted by atomic mass is 10.2. The lowest BCUT2D eigenvalue weighted by molar-refractivity contribution is -0.119. The van der Waals surface area contributed by atoms with Gasteiger partial charge in [0.2, 0.25) is 5.91 Å². The smallest absolute Gasteiger partial charge is 0.272 e. The van der Waals surface area contributed by atoms with E-state index in [1.165, 1.54) is 19.5 Å². The van der Waals surface area contributed by atoms with Crippen molar-refractivity contribution >= 4 is 23.4 Å². The summed E-state index contributed by atoms with van der Waals surface area (Å²) in [5.74, 6) is -2.37. The average Bonchev–Trinajstić information content (AvgIpc) is 2.95. The Kier molecular flexibility index (Phi) is 8.94. The second-order valence-electron chi connectivity index (χ2n) is 7.28. The van der Waals surface area contributed by atoms with Crippen LogP contribution in [0.1, 0.15) is 42.9 Å². The molecule has 31 heavy (non-hydrogen) atoms. The van der Waals surface area contributed by atoms with Crippen molar-refractivity contribution in [2.75, 3.05) is 27.2 Å². The molecular weight excluding hydrogens is 428 g/mol. The van der Waals surface area contributed by atoms with Gasteiger partial charge in [0.25, 0.3) is 5.91 Å². The van der Waals surface area contributed by atoms with Crippen LogP contribution in [0.3, 0.4) is 0 Å². The normalized spacial score (nSPS) is 13.5. The first-order valence-corrected chi connectivity index (χ1v) is 10.5. The topological polar surface area (TPSA) is 79.3 Å². The number of aromatic nitrogens is 2. The number of likely N-dealkylation sites (N-methyl/N-ethyl adjacent to an activating group) is 1. The Morgan fingerprint density at radius 1 is 1.19 bits per heavy atom. The molecule has 0 unspecified atom stereocenters. The molecule has 7 nitrogen and oxygen atoms in total. The molecule has 1 aromatic carbocycles. The molecule has 1 aliphatic rings. The van der Waals surface area contributed by atoms with Crippen LogP contribution in [0.25, 0.3) is 11.4 Å². The van der Waals surface area contributed by atoms with Gasteiger partial charge >= 0.3 is 0 Å². The summed E-state index contributed by atoms with van der Waals surface area (Å²) in [5.41, 5.74) is 0.722. The molecule has 0 fully saturated rings. The van der Waals surface area contributed by atoms with E-state index in [1.807, 2.05) is 11.9 Å². The number of benzene rings is 1. The lowest BCUT2D eigenvalue weighted by Crippen LogP contribution is -2.36. The monoisotopic (exact) mass is 455 g/mol. The molecule has 2 amide bonds. The molecule has 2 heterocycles. The highest BCUT2D eigenvalue weighted by Gasteiger charge is 2.27. The van der Waals surface area contributed by atoms with Crippen LogP contribution >= 0.6 is 11.6 Å². The quantitative estimate of drug-likeness (QED) is 0.694. The van der Waals surface area contributed by atoms with Gasteiger partial charge in [0.1, 0.15) is 17.5 Å². The molecule has 0 saturated carbocycles. The molecule has 0 radical (unpaired) electrons. The second-order valence-corrected chi connectivity index (χ2v) is 7.69. The van der Waals surface area contributed by atoms with Crippen LogP contribution in [0, 0.1) is 11.6 Å². The van der Waals surface area contributed by atoms with Crippen molar-refractivity contribution < 1.29 is 18.4 Å². The number of nitrogens with one attached hydrogen (secondary N) is 2. The number of carbonyl (C=O) groups excluding carboxylic acids is 2. The third kappa shape index (κ3) is 6.01. The summed E-state index contributed by atoms with van der Waals surface area (Å²) in [5, 5.41) is 4.69. The van der Waals surface area contributed by atoms with Crippen LogP contribution in [0.5, 0.6) is 0 Å². The summed E-state index contributed by atoms with van der Waals surface area (Å²) in [7, 11) is 3.37. The Labute approximate surface area is 185 Å². The summed E-state index contributed by atoms with van der Waals surface area (Å²) < 4.78 is 29.8. The largest absolute Gasteiger partial charge is 0.358 e. The highest BCUT2D eigenvalue weighted by molar-refractivity contribution is 6.31. The summed E-state index contributed by atoms with van der Waals surface area (Å²) in [6.45, 7) is 5.77. The van der Waals surface area contributed by atoms with E-state index in [2.05, 4.69) is 29.5 Å². The number of imidazole rings is 1. The van der Waals surface area contributed by atoms with E-state index >= 15 is 0 Å². The van der Waals surface area contributed by atoms with Gasteiger partial charge in [0.05, 0.1) is 22.8 Å². The molecule has 0 aliphatic carbocycles. The number of nitrogens with zero attached hydrogens (tertiary/aromatic N) is 3. The molecular formula is C21H28ClF2N5O2. The van der Waals surface area contributed by atoms with E-state index < -0.39 is 17.5 Å². The highest BCUT2D eigenvalue weighted by atomic mass is 35.5. The minimum atomic E-state index is -0.867. The molecule has 0 bridgehead atoms. The molecule has 0 spiro atoms. The maximum atomic E-state index is 14.5. The number of rotatable bonds is 4. The second kappa shape index (κ2) is 11.2. The van der Waals surface area contributed by atoms with Gasteiger partial charge in [0, 0.05) is 26.2 Å². The Hall–Kier alpha value is -2.52. The molecule has 3 rings (SSSR count). The average molecular weight is 456 g/mol. The molecule has 10 heteroatoms. The van der Waals surface area contributed by atoms with Gasteiger partial charge in [-0.3, -0.25) is 9.59 Å². The first-order valence-electron chi connectivity index (χ1n) is 10.1. The molecule has 2 N–H and O–H groups in total. The maximum absolute atomic E-state index is 14.5. The van der Waals surface area contributed by atoms with E-state index in [1.54, 1.807) is 4.57 Å². The van der Waals surface area contributed by atoms with Crippen LogP contribution < -0.4 is 10.6 Å². The summed E-state index contributed by atoms with van der Waals surface area (Å²) in [4.78, 5) is 30.4. The minimum absolute atomic E-state index is 0.0163. The van der Waals surface area contributed by atoms with Gasteiger partial charge in [-0.15, -0.1) is 0 Å². The zero-order chi connectivity index (χ0) is 23.1. The van der Waals surface area contributed by atoms with Crippen LogP contribution in [-0.2, 0) is 17.9 Å². The zero-order valence-corrected chi connectivity index (χ0v) is 18.9. The Bertz CT molecular complexity index is 948. The first kappa shape index (κ1) is 24.7. The predicted octanol–water partition coefficient (Wildman–Crippen LogP) is 3.21. The van der Waals surface area contributed by atoms with Gasteiger partial charge < -0.3 is 20.1 Å². The Morgan fingerprint density at radius 2 is 1.87 bits per heavy atom. The van der Waals surface area contributed by atoms with Crippen molar-refractivity contribution in [1.29, 1.82) is 0 Å². The number of hydrogen-bond donors (Lipinski definition) is 2. The van der Waals surface area contributed by atoms with Crippen molar-refractivity contribution in [3.8, 4) is 11.4 Å². The summed E-state index contributed by atoms with van der Waals surface area (Å²) >= 11 is 5.83. The van der Waals surface area contributed by atoms with Crippen molar-refractivity contribution in [1.82, 2.24) is 25.1 Å². The third-order valence-electron chi connectivity index (χ3n) is 4.57. The fourth-order valence-electron chi connectivity index (χ4n) is 3.14. The van der Waals surface area contributed by atoms with Crippen LogP contribution in [0.15, 0.2) is 12.1 Å². The number of halogens is 3. The van der Waals surface area contributed by atoms with E-state index in [4.69, 9.17) is 11.6 Å². The van der Waals surface area contributed by atoms with Crippen molar-refractivity contribution in [2.24, 2.45) is 0 Å². The van der Waals surface area contributed by atoms with Crippen LogP contribution in [0.4, 0.5) is 8.78 Å². The first-order chi connectivity index (χ1) is 14.7. The third-order valence-corrected chi connectivity index (χ3v) is 4.86. The summed E-state index contributed by atoms with van der Waals surface area (Å²) in [6, 6.07) is 1.87. The maximum Gasteiger partial charge on any atom is 0.272 e. The van der Waals surface area contributed by atoms with E-state index in [0.717, 1.165) is 13.0 Å². The Balaban J connectivity index is 0.00000107. The molecule has 0 atom stereocenters. The number of hydrogen-bond acceptors (Lipinski definition) is 4. The van der Waals surface area contributed by atoms with Gasteiger partial charge in [-0.1, -0.05) is 31.9 Å². The molecule has 2 aromatic rings. The van der Waals surface area contributed by atoms with Crippen LogP contribution in [0.2, 0.25) is 5.02 Å². The van der Waals surface area contributed by atoms with Gasteiger partial charge in [-0.05, 0) is 26.1 Å². The van der Waals surface area contributed by atoms with Gasteiger partial charge in [-0.2, -0.15) is 0 Å². The molecule has 0 saturated heterocycles. The lowest BCUT2D eigenvalue weighted by Gasteiger charge is -2.13. The fraction of sp³-hybridized carbons (Fsp3) is 0.476. The van der Waals surface area contributed by atoms with Crippen LogP contribution in [-0.4, -0.2) is 53.5 Å². The van der Waals surface area contributed by atoms with E-state index in [-0.39, 0.29) is 34.6 Å². The Morgan fingerprint density at radius 3 is 2.52 bits per heavy atom. The van der Waals surface area contributed by atoms with Gasteiger partial charge in [-0.25, -0.2) is 13.8 Å². The van der Waals surface area contributed by atoms with Crippen molar-refractivity contribution in [3.63, 3.8) is 0 Å². The van der Waals surface area contributed by atoms with Gasteiger partial charge in [0.15, 0.2) is 5.69 Å². The minimum Gasteiger partial charge on any atom is -0.358 e. The predicted molar refractivity (Wildman–Crippen MR) is 116 cm³/mol. The molecule has 170 valence electrons. The number of carbonyl (C=O) groups is 2. The molecule has 1 aliphatic heterocycles. The molecule has 1 aromatic heterocycles. The SMILES string of the molecule is CCC.CNC(=O)CNC(=O)c1nc(-c2cc(Cl)c(F)cc2F)n2c1CN(C)CCC2. The van der Waals surface area contributed by atoms with E-state index in [0.29, 0.717) is 24.8 Å². The fourth-order valence-corrected chi connectivity index (χ4v) is 3.30. The van der Waals surface area contributed by atoms with Crippen molar-refractivity contribution in [3.05, 3.63) is 40.2 Å². The summed E-state index contributed by atoms with van der Waals surface area (Å²) in [6.07, 6.45) is 2.02.